The van der Waals surface area contributed by atoms with Gasteiger partial charge in [-0.15, -0.1) is 10.2 Å². The molecule has 0 aliphatic rings. The monoisotopic (exact) mass is 465 g/mol. The summed E-state index contributed by atoms with van der Waals surface area (Å²) in [5, 5.41) is 12.0. The Bertz CT molecular complexity index is 1010. The summed E-state index contributed by atoms with van der Waals surface area (Å²) in [6.45, 7) is 6.17. The average Bonchev–Trinajstić information content (AvgIpc) is 3.17. The molecule has 30 heavy (non-hydrogen) atoms. The molecular weight excluding hydrogens is 445 g/mol. The third kappa shape index (κ3) is 5.68. The van der Waals surface area contributed by atoms with E-state index in [0.717, 1.165) is 16.9 Å². The zero-order chi connectivity index (χ0) is 21.7. The number of hydrogen-bond donors (Lipinski definition) is 1. The van der Waals surface area contributed by atoms with Crippen LogP contribution in [0.3, 0.4) is 0 Å². The molecule has 0 fully saturated rings. The van der Waals surface area contributed by atoms with Gasteiger partial charge in [0, 0.05) is 15.6 Å². The van der Waals surface area contributed by atoms with E-state index in [1.807, 2.05) is 38.1 Å². The van der Waals surface area contributed by atoms with Crippen LogP contribution in [0.15, 0.2) is 52.1 Å². The van der Waals surface area contributed by atoms with Crippen molar-refractivity contribution < 1.29 is 13.9 Å². The highest BCUT2D eigenvalue weighted by Crippen LogP contribution is 2.29. The van der Waals surface area contributed by atoms with Gasteiger partial charge >= 0.3 is 0 Å². The summed E-state index contributed by atoms with van der Waals surface area (Å²) in [6.07, 6.45) is 0. The van der Waals surface area contributed by atoms with E-state index in [1.54, 1.807) is 25.1 Å². The van der Waals surface area contributed by atoms with Crippen molar-refractivity contribution in [3.63, 3.8) is 0 Å². The maximum atomic E-state index is 12.6. The summed E-state index contributed by atoms with van der Waals surface area (Å²) in [4.78, 5) is 12.6. The molecule has 0 aliphatic carbocycles. The van der Waals surface area contributed by atoms with Gasteiger partial charge < -0.3 is 14.5 Å². The lowest BCUT2D eigenvalue weighted by Gasteiger charge is -2.18. The fraction of sp³-hybridized carbons (Fsp3) is 0.286. The number of nitrogens with zero attached hydrogens (tertiary/aromatic N) is 2. The molecule has 0 bridgehead atoms. The molecule has 0 unspecified atom stereocenters. The molecule has 0 aliphatic heterocycles. The highest BCUT2D eigenvalue weighted by Gasteiger charge is 2.21. The Kier molecular flexibility index (Phi) is 7.64. The predicted octanol–water partition coefficient (Wildman–Crippen LogP) is 5.80. The summed E-state index contributed by atoms with van der Waals surface area (Å²) < 4.78 is 11.1. The highest BCUT2D eigenvalue weighted by molar-refractivity contribution is 8.00. The van der Waals surface area contributed by atoms with Gasteiger partial charge in [0.25, 0.3) is 5.22 Å². The van der Waals surface area contributed by atoms with Gasteiger partial charge in [-0.3, -0.25) is 4.79 Å². The molecule has 0 saturated carbocycles. The second-order valence-electron chi connectivity index (χ2n) is 6.49. The Morgan fingerprint density at radius 2 is 1.90 bits per heavy atom. The number of hydrogen-bond acceptors (Lipinski definition) is 6. The van der Waals surface area contributed by atoms with Gasteiger partial charge in [0.1, 0.15) is 5.75 Å². The lowest BCUT2D eigenvalue weighted by molar-refractivity contribution is -0.120. The summed E-state index contributed by atoms with van der Waals surface area (Å²) in [5.74, 6) is 0.990. The molecule has 1 heterocycles. The van der Waals surface area contributed by atoms with Crippen molar-refractivity contribution >= 4 is 40.9 Å². The Balaban J connectivity index is 1.60. The number of carbonyl (C=O) groups excluding carboxylic acids is 1. The summed E-state index contributed by atoms with van der Waals surface area (Å²) >= 11 is 13.3. The number of aromatic nitrogens is 2. The molecular formula is C21H21Cl2N3O3S. The molecule has 158 valence electrons. The molecule has 9 heteroatoms. The number of carbonyl (C=O) groups is 1. The van der Waals surface area contributed by atoms with E-state index in [-0.39, 0.29) is 11.9 Å². The minimum absolute atomic E-state index is 0.167. The van der Waals surface area contributed by atoms with Crippen LogP contribution >= 0.6 is 35.0 Å². The number of thioether (sulfide) groups is 1. The normalized spacial score (nSPS) is 13.0. The first kappa shape index (κ1) is 22.5. The standard InChI is InChI=1S/C21H21Cl2N3O3S/c1-4-28-16-8-5-14(6-9-16)20-25-26-21(29-20)30-13(3)19(27)24-12(2)17-10-7-15(22)11-18(17)23/h5-13H,4H2,1-3H3,(H,24,27)/t12-,13-/m0/s1. The Morgan fingerprint density at radius 1 is 1.17 bits per heavy atom. The van der Waals surface area contributed by atoms with E-state index in [1.165, 1.54) is 11.8 Å². The van der Waals surface area contributed by atoms with Crippen LogP contribution in [0.5, 0.6) is 5.75 Å². The average molecular weight is 466 g/mol. The zero-order valence-corrected chi connectivity index (χ0v) is 19.0. The van der Waals surface area contributed by atoms with Crippen molar-refractivity contribution in [3.8, 4) is 17.2 Å². The second kappa shape index (κ2) is 10.2. The smallest absolute Gasteiger partial charge is 0.277 e. The molecule has 1 aromatic heterocycles. The molecule has 0 spiro atoms. The van der Waals surface area contributed by atoms with E-state index < -0.39 is 5.25 Å². The largest absolute Gasteiger partial charge is 0.494 e. The predicted molar refractivity (Wildman–Crippen MR) is 119 cm³/mol. The van der Waals surface area contributed by atoms with Crippen LogP contribution in [0, 0.1) is 0 Å². The van der Waals surface area contributed by atoms with Gasteiger partial charge in [-0.1, -0.05) is 41.0 Å². The Hall–Kier alpha value is -2.22. The third-order valence-corrected chi connectivity index (χ3v) is 5.75. The summed E-state index contributed by atoms with van der Waals surface area (Å²) in [5.41, 5.74) is 1.57. The lowest BCUT2D eigenvalue weighted by atomic mass is 10.1. The van der Waals surface area contributed by atoms with Crippen LogP contribution in [0.1, 0.15) is 32.4 Å². The first-order chi connectivity index (χ1) is 14.4. The molecule has 2 atom stereocenters. The maximum absolute atomic E-state index is 12.6. The van der Waals surface area contributed by atoms with E-state index in [9.17, 15) is 4.79 Å². The van der Waals surface area contributed by atoms with Gasteiger partial charge in [-0.2, -0.15) is 0 Å². The Morgan fingerprint density at radius 3 is 2.57 bits per heavy atom. The van der Waals surface area contributed by atoms with E-state index >= 15 is 0 Å². The number of rotatable bonds is 8. The molecule has 1 N–H and O–H groups in total. The second-order valence-corrected chi connectivity index (χ2v) is 8.62. The maximum Gasteiger partial charge on any atom is 0.277 e. The molecule has 0 saturated heterocycles. The SMILES string of the molecule is CCOc1ccc(-c2nnc(S[C@@H](C)C(=O)N[C@@H](C)c3ccc(Cl)cc3Cl)o2)cc1. The summed E-state index contributed by atoms with van der Waals surface area (Å²) in [7, 11) is 0. The molecule has 3 rings (SSSR count). The van der Waals surface area contributed by atoms with Crippen molar-refractivity contribution in [3.05, 3.63) is 58.1 Å². The number of halogens is 2. The minimum Gasteiger partial charge on any atom is -0.494 e. The van der Waals surface area contributed by atoms with Crippen LogP contribution < -0.4 is 10.1 Å². The number of nitrogens with one attached hydrogen (secondary N) is 1. The van der Waals surface area contributed by atoms with Crippen molar-refractivity contribution in [2.24, 2.45) is 0 Å². The van der Waals surface area contributed by atoms with E-state index in [2.05, 4.69) is 15.5 Å². The minimum atomic E-state index is -0.438. The van der Waals surface area contributed by atoms with Gasteiger partial charge in [0.05, 0.1) is 17.9 Å². The van der Waals surface area contributed by atoms with Crippen LogP contribution in [0.25, 0.3) is 11.5 Å². The molecule has 0 radical (unpaired) electrons. The Labute approximate surface area is 189 Å². The van der Waals surface area contributed by atoms with Gasteiger partial charge in [-0.05, 0) is 62.7 Å². The highest BCUT2D eigenvalue weighted by atomic mass is 35.5. The van der Waals surface area contributed by atoms with E-state index in [4.69, 9.17) is 32.4 Å². The van der Waals surface area contributed by atoms with Crippen molar-refractivity contribution in [2.45, 2.75) is 37.3 Å². The van der Waals surface area contributed by atoms with Crippen LogP contribution in [-0.2, 0) is 4.79 Å². The van der Waals surface area contributed by atoms with Crippen LogP contribution in [-0.4, -0.2) is 28.0 Å². The van der Waals surface area contributed by atoms with Gasteiger partial charge in [0.15, 0.2) is 0 Å². The van der Waals surface area contributed by atoms with Crippen molar-refractivity contribution in [1.82, 2.24) is 15.5 Å². The molecule has 2 aromatic carbocycles. The molecule has 3 aromatic rings. The first-order valence-corrected chi connectivity index (χ1v) is 11.0. The van der Waals surface area contributed by atoms with E-state index in [0.29, 0.717) is 27.8 Å². The third-order valence-electron chi connectivity index (χ3n) is 4.25. The molecule has 6 nitrogen and oxygen atoms in total. The van der Waals surface area contributed by atoms with Crippen molar-refractivity contribution in [1.29, 1.82) is 0 Å². The van der Waals surface area contributed by atoms with Crippen LogP contribution in [0.2, 0.25) is 10.0 Å². The number of benzene rings is 2. The number of amides is 1. The quantitative estimate of drug-likeness (QED) is 0.423. The summed E-state index contributed by atoms with van der Waals surface area (Å²) in [6, 6.07) is 12.3. The van der Waals surface area contributed by atoms with Gasteiger partial charge in [-0.25, -0.2) is 0 Å². The van der Waals surface area contributed by atoms with Gasteiger partial charge in [0.2, 0.25) is 11.8 Å². The fourth-order valence-corrected chi connectivity index (χ4v) is 3.97. The number of ether oxygens (including phenoxy) is 1. The topological polar surface area (TPSA) is 77.2 Å². The fourth-order valence-electron chi connectivity index (χ4n) is 2.70. The first-order valence-electron chi connectivity index (χ1n) is 9.36. The lowest BCUT2D eigenvalue weighted by Crippen LogP contribution is -2.33. The van der Waals surface area contributed by atoms with Crippen molar-refractivity contribution in [2.75, 3.05) is 6.61 Å². The van der Waals surface area contributed by atoms with Crippen LogP contribution in [0.4, 0.5) is 0 Å². The zero-order valence-electron chi connectivity index (χ0n) is 16.7. The molecule has 1 amide bonds.